The molecular weight excluding hydrogens is 464 g/mol. The third-order valence-corrected chi connectivity index (χ3v) is 7.32. The van der Waals surface area contributed by atoms with E-state index in [-0.39, 0.29) is 6.86 Å². The lowest BCUT2D eigenvalue weighted by Crippen LogP contribution is -2.30. The summed E-state index contributed by atoms with van der Waals surface area (Å²) >= 11 is 0. The lowest BCUT2D eigenvalue weighted by Gasteiger charge is -2.19. The number of benzene rings is 1. The van der Waals surface area contributed by atoms with Gasteiger partial charge in [-0.15, -0.1) is 0 Å². The summed E-state index contributed by atoms with van der Waals surface area (Å²) in [4.78, 5) is 20.7. The van der Waals surface area contributed by atoms with Gasteiger partial charge in [-0.05, 0) is 43.5 Å². The predicted octanol–water partition coefficient (Wildman–Crippen LogP) is 4.07. The zero-order valence-electron chi connectivity index (χ0n) is 22.0. The minimum atomic E-state index is -0.0135. The zero-order valence-corrected chi connectivity index (χ0v) is 22.0. The van der Waals surface area contributed by atoms with Crippen molar-refractivity contribution in [3.8, 4) is 11.1 Å². The van der Waals surface area contributed by atoms with Crippen LogP contribution < -0.4 is 10.7 Å². The van der Waals surface area contributed by atoms with Gasteiger partial charge in [0.2, 0.25) is 0 Å². The lowest BCUT2D eigenvalue weighted by molar-refractivity contribution is 0.148. The van der Waals surface area contributed by atoms with Crippen LogP contribution in [0.25, 0.3) is 22.2 Å². The molecule has 196 valence electrons. The quantitative estimate of drug-likeness (QED) is 0.333. The Morgan fingerprint density at radius 1 is 1.14 bits per heavy atom. The van der Waals surface area contributed by atoms with Gasteiger partial charge in [-0.25, -0.2) is 4.98 Å². The first-order chi connectivity index (χ1) is 18.1. The number of nitrogens with zero attached hydrogens (tertiary/aromatic N) is 5. The topological polar surface area (TPSA) is 77.2 Å². The molecule has 0 amide bonds. The Labute approximate surface area is 219 Å². The summed E-state index contributed by atoms with van der Waals surface area (Å²) in [7, 11) is 1.72. The van der Waals surface area contributed by atoms with Crippen molar-refractivity contribution in [3.63, 3.8) is 0 Å². The number of likely N-dealkylation sites (N-methyl/N-ethyl adjacent to an activating group) is 1. The summed E-state index contributed by atoms with van der Waals surface area (Å²) in [5.74, 6) is 0. The highest BCUT2D eigenvalue weighted by Crippen LogP contribution is 2.26. The maximum Gasteiger partial charge on any atom is 0.199 e. The first-order valence-corrected chi connectivity index (χ1v) is 13.2. The van der Waals surface area contributed by atoms with Crippen molar-refractivity contribution in [2.24, 2.45) is 0 Å². The highest BCUT2D eigenvalue weighted by atomic mass is 16.5. The Morgan fingerprint density at radius 2 is 1.92 bits per heavy atom. The normalized spacial score (nSPS) is 13.5. The number of methoxy groups -OCH3 is 1. The fraction of sp³-hybridized carbons (Fsp3) is 0.414. The van der Waals surface area contributed by atoms with E-state index in [0.717, 1.165) is 56.8 Å². The van der Waals surface area contributed by atoms with Gasteiger partial charge in [-0.2, -0.15) is 5.10 Å². The second kappa shape index (κ2) is 11.3. The van der Waals surface area contributed by atoms with Crippen molar-refractivity contribution in [1.29, 1.82) is 0 Å². The molecule has 0 saturated carbocycles. The van der Waals surface area contributed by atoms with Crippen LogP contribution in [0.15, 0.2) is 59.9 Å². The van der Waals surface area contributed by atoms with E-state index in [4.69, 9.17) is 9.72 Å². The summed E-state index contributed by atoms with van der Waals surface area (Å²) < 4.78 is 9.17. The molecule has 8 heteroatoms. The minimum absolute atomic E-state index is 0. The first kappa shape index (κ1) is 25.2. The summed E-state index contributed by atoms with van der Waals surface area (Å²) in [5, 5.41) is 8.79. The molecule has 1 aliphatic rings. The largest absolute Gasteiger partial charge is 0.383 e. The lowest BCUT2D eigenvalue weighted by atomic mass is 10.1. The molecule has 0 unspecified atom stereocenters. The van der Waals surface area contributed by atoms with E-state index in [1.54, 1.807) is 13.3 Å². The van der Waals surface area contributed by atoms with Crippen LogP contribution in [-0.4, -0.2) is 63.6 Å². The molecule has 0 bridgehead atoms. The molecule has 0 saturated heterocycles. The minimum Gasteiger partial charge on any atom is -0.383 e. The number of hydrogen-bond donors (Lipinski definition) is 1. The van der Waals surface area contributed by atoms with Crippen LogP contribution in [0, 0.1) is 0 Å². The maximum absolute atomic E-state index is 13.7. The van der Waals surface area contributed by atoms with Crippen LogP contribution >= 0.6 is 0 Å². The molecule has 0 fully saturated rings. The molecule has 1 N–H and O–H groups in total. The molecule has 1 aliphatic carbocycles. The molecule has 3 heterocycles. The molecule has 1 aromatic carbocycles. The summed E-state index contributed by atoms with van der Waals surface area (Å²) in [6, 6.07) is 10.8. The van der Waals surface area contributed by atoms with Crippen molar-refractivity contribution < 1.29 is 6.16 Å². The van der Waals surface area contributed by atoms with E-state index in [0.29, 0.717) is 29.2 Å². The van der Waals surface area contributed by atoms with Crippen molar-refractivity contribution in [3.05, 3.63) is 76.5 Å². The van der Waals surface area contributed by atoms with Crippen LogP contribution in [0.1, 0.15) is 26.4 Å². The molecule has 4 aromatic rings. The van der Waals surface area contributed by atoms with Crippen molar-refractivity contribution in [2.75, 3.05) is 38.7 Å². The van der Waals surface area contributed by atoms with E-state index in [9.17, 15) is 4.79 Å². The third-order valence-electron chi connectivity index (χ3n) is 7.32. The van der Waals surface area contributed by atoms with Gasteiger partial charge in [0.1, 0.15) is 5.65 Å². The SMILES string of the molecule is CCN(CCOC)CCn1cc(-c2cn(CC)c3ncc(NC4Cc5ccccc5C4)cc3c2=O)cn1.[HH]. The predicted molar refractivity (Wildman–Crippen MR) is 150 cm³/mol. The summed E-state index contributed by atoms with van der Waals surface area (Å²) in [6.07, 6.45) is 9.48. The molecule has 0 atom stereocenters. The average Bonchev–Trinajstić information content (AvgIpc) is 3.56. The van der Waals surface area contributed by atoms with E-state index in [1.165, 1.54) is 11.1 Å². The second-order valence-corrected chi connectivity index (χ2v) is 9.69. The Bertz CT molecular complexity index is 1410. The fourth-order valence-corrected chi connectivity index (χ4v) is 5.21. The van der Waals surface area contributed by atoms with Crippen LogP contribution in [0.3, 0.4) is 0 Å². The number of fused-ring (bicyclic) bond motifs is 2. The number of hydrogen-bond acceptors (Lipinski definition) is 6. The summed E-state index contributed by atoms with van der Waals surface area (Å²) in [6.45, 7) is 9.14. The number of nitrogens with one attached hydrogen (secondary N) is 1. The van der Waals surface area contributed by atoms with E-state index >= 15 is 0 Å². The second-order valence-electron chi connectivity index (χ2n) is 9.69. The van der Waals surface area contributed by atoms with Crippen molar-refractivity contribution >= 4 is 16.7 Å². The van der Waals surface area contributed by atoms with Gasteiger partial charge in [0.15, 0.2) is 5.43 Å². The van der Waals surface area contributed by atoms with Crippen molar-refractivity contribution in [1.82, 2.24) is 24.2 Å². The van der Waals surface area contributed by atoms with Gasteiger partial charge in [0, 0.05) is 57.7 Å². The Kier molecular flexibility index (Phi) is 7.67. The highest BCUT2D eigenvalue weighted by Gasteiger charge is 2.21. The van der Waals surface area contributed by atoms with Gasteiger partial charge in [0.25, 0.3) is 0 Å². The van der Waals surface area contributed by atoms with E-state index in [2.05, 4.69) is 53.4 Å². The number of aryl methyl sites for hydroxylation is 1. The Hall–Kier alpha value is -3.49. The van der Waals surface area contributed by atoms with Crippen LogP contribution in [0.4, 0.5) is 5.69 Å². The van der Waals surface area contributed by atoms with Gasteiger partial charge >= 0.3 is 0 Å². The molecule has 0 aliphatic heterocycles. The zero-order chi connectivity index (χ0) is 25.8. The van der Waals surface area contributed by atoms with E-state index < -0.39 is 0 Å². The van der Waals surface area contributed by atoms with Crippen LogP contribution in [-0.2, 0) is 30.7 Å². The highest BCUT2D eigenvalue weighted by molar-refractivity contribution is 5.83. The number of ether oxygens (including phenoxy) is 1. The molecular formula is C29H38N6O2. The van der Waals surface area contributed by atoms with Crippen LogP contribution in [0.5, 0.6) is 0 Å². The molecule has 0 spiro atoms. The molecule has 37 heavy (non-hydrogen) atoms. The average molecular weight is 503 g/mol. The number of aromatic nitrogens is 4. The van der Waals surface area contributed by atoms with Gasteiger partial charge in [0.05, 0.1) is 36.6 Å². The molecule has 8 nitrogen and oxygen atoms in total. The number of pyridine rings is 2. The van der Waals surface area contributed by atoms with E-state index in [1.807, 2.05) is 33.9 Å². The van der Waals surface area contributed by atoms with Gasteiger partial charge in [-0.1, -0.05) is 31.2 Å². The molecule has 3 aromatic heterocycles. The number of anilines is 1. The van der Waals surface area contributed by atoms with Crippen molar-refractivity contribution in [2.45, 2.75) is 45.8 Å². The smallest absolute Gasteiger partial charge is 0.199 e. The number of rotatable bonds is 11. The first-order valence-electron chi connectivity index (χ1n) is 13.2. The molecule has 0 radical (unpaired) electrons. The molecule has 5 rings (SSSR count). The fourth-order valence-electron chi connectivity index (χ4n) is 5.21. The Balaban J connectivity index is 0.00000336. The third kappa shape index (κ3) is 5.45. The van der Waals surface area contributed by atoms with Crippen LogP contribution in [0.2, 0.25) is 0 Å². The van der Waals surface area contributed by atoms with Gasteiger partial charge in [-0.3, -0.25) is 14.4 Å². The Morgan fingerprint density at radius 3 is 2.62 bits per heavy atom. The summed E-state index contributed by atoms with van der Waals surface area (Å²) in [5.41, 5.74) is 5.84. The standard InChI is InChI=1S/C29H36N6O2.H2/c1-4-33(12-13-37-3)10-11-35-19-23(17-31-35)27-20-34(5-2)29-26(28(27)36)16-25(18-30-29)32-24-14-21-8-6-7-9-22(21)15-24;/h6-9,16-20,24,32H,4-5,10-15H2,1-3H3;1H. The van der Waals surface area contributed by atoms with Gasteiger partial charge < -0.3 is 14.6 Å². The monoisotopic (exact) mass is 502 g/mol. The maximum atomic E-state index is 13.7.